The highest BCUT2D eigenvalue weighted by Crippen LogP contribution is 2.15. The van der Waals surface area contributed by atoms with Crippen molar-refractivity contribution in [2.75, 3.05) is 0 Å². The van der Waals surface area contributed by atoms with Crippen LogP contribution < -0.4 is 0 Å². The van der Waals surface area contributed by atoms with E-state index >= 15 is 0 Å². The van der Waals surface area contributed by atoms with E-state index in [9.17, 15) is 17.8 Å². The van der Waals surface area contributed by atoms with Crippen LogP contribution in [0.2, 0.25) is 0 Å². The van der Waals surface area contributed by atoms with E-state index in [1.807, 2.05) is 6.08 Å². The molecule has 24 heavy (non-hydrogen) atoms. The standard InChI is InChI=1S/C18H34O5S/c1-2-3-4-5-6-7-8-11-14-17(24(21,22)23)15-12-9-10-13-16-18(19)20/h11,14,17H,2-10,12-13,15-16H2,1H3,(H,19,20)(H,21,22,23)/b14-11-. The van der Waals surface area contributed by atoms with Crippen LogP contribution in [-0.4, -0.2) is 29.3 Å². The van der Waals surface area contributed by atoms with Crippen LogP contribution in [0.1, 0.15) is 90.4 Å². The van der Waals surface area contributed by atoms with E-state index in [1.54, 1.807) is 6.08 Å². The fraction of sp³-hybridized carbons (Fsp3) is 0.833. The highest BCUT2D eigenvalue weighted by molar-refractivity contribution is 7.86. The van der Waals surface area contributed by atoms with Crippen LogP contribution in [0.5, 0.6) is 0 Å². The molecule has 1 unspecified atom stereocenters. The van der Waals surface area contributed by atoms with Gasteiger partial charge in [-0.05, 0) is 25.7 Å². The van der Waals surface area contributed by atoms with Gasteiger partial charge in [-0.3, -0.25) is 9.35 Å². The minimum Gasteiger partial charge on any atom is -0.481 e. The number of unbranched alkanes of at least 4 members (excludes halogenated alkanes) is 9. The van der Waals surface area contributed by atoms with E-state index in [1.165, 1.54) is 25.7 Å². The second kappa shape index (κ2) is 14.5. The highest BCUT2D eigenvalue weighted by Gasteiger charge is 2.18. The molecule has 2 N–H and O–H groups in total. The monoisotopic (exact) mass is 362 g/mol. The van der Waals surface area contributed by atoms with Gasteiger partial charge in [-0.25, -0.2) is 0 Å². The van der Waals surface area contributed by atoms with E-state index in [4.69, 9.17) is 5.11 Å². The molecule has 1 atom stereocenters. The van der Waals surface area contributed by atoms with Crippen LogP contribution in [0, 0.1) is 0 Å². The molecule has 0 spiro atoms. The number of allylic oxidation sites excluding steroid dienone is 1. The van der Waals surface area contributed by atoms with Gasteiger partial charge in [0.25, 0.3) is 10.1 Å². The first kappa shape index (κ1) is 23.1. The summed E-state index contributed by atoms with van der Waals surface area (Å²) < 4.78 is 32.1. The van der Waals surface area contributed by atoms with Gasteiger partial charge >= 0.3 is 5.97 Å². The molecule has 0 aliphatic heterocycles. The molecule has 0 heterocycles. The predicted molar refractivity (Wildman–Crippen MR) is 97.8 cm³/mol. The van der Waals surface area contributed by atoms with Gasteiger partial charge < -0.3 is 5.11 Å². The van der Waals surface area contributed by atoms with Crippen molar-refractivity contribution in [3.05, 3.63) is 12.2 Å². The van der Waals surface area contributed by atoms with Crippen LogP contribution in [0.15, 0.2) is 12.2 Å². The number of hydrogen-bond acceptors (Lipinski definition) is 3. The number of aliphatic carboxylic acids is 1. The molecule has 0 fully saturated rings. The van der Waals surface area contributed by atoms with Gasteiger partial charge in [-0.1, -0.05) is 70.4 Å². The van der Waals surface area contributed by atoms with Gasteiger partial charge in [0.1, 0.15) is 5.25 Å². The molecule has 0 aliphatic rings. The lowest BCUT2D eigenvalue weighted by Gasteiger charge is -2.09. The van der Waals surface area contributed by atoms with Gasteiger partial charge in [0.15, 0.2) is 0 Å². The third-order valence-electron chi connectivity index (χ3n) is 4.09. The third kappa shape index (κ3) is 14.7. The summed E-state index contributed by atoms with van der Waals surface area (Å²) in [6, 6.07) is 0. The minimum atomic E-state index is -4.06. The number of carbonyl (C=O) groups is 1. The lowest BCUT2D eigenvalue weighted by atomic mass is 10.1. The van der Waals surface area contributed by atoms with Crippen LogP contribution in [-0.2, 0) is 14.9 Å². The zero-order valence-corrected chi connectivity index (χ0v) is 15.8. The minimum absolute atomic E-state index is 0.153. The van der Waals surface area contributed by atoms with Crippen molar-refractivity contribution in [3.8, 4) is 0 Å². The van der Waals surface area contributed by atoms with Crippen molar-refractivity contribution in [1.29, 1.82) is 0 Å². The van der Waals surface area contributed by atoms with Crippen molar-refractivity contribution >= 4 is 16.1 Å². The Hall–Kier alpha value is -0.880. The summed E-state index contributed by atoms with van der Waals surface area (Å²) >= 11 is 0. The summed E-state index contributed by atoms with van der Waals surface area (Å²) in [5.74, 6) is -0.802. The molecule has 0 rings (SSSR count). The van der Waals surface area contributed by atoms with Crippen molar-refractivity contribution in [1.82, 2.24) is 0 Å². The fourth-order valence-corrected chi connectivity index (χ4v) is 3.38. The summed E-state index contributed by atoms with van der Waals surface area (Å²) in [4.78, 5) is 10.4. The molecule has 0 amide bonds. The molecule has 5 nitrogen and oxygen atoms in total. The maximum Gasteiger partial charge on any atom is 0.303 e. The smallest absolute Gasteiger partial charge is 0.303 e. The molecule has 0 aromatic rings. The van der Waals surface area contributed by atoms with Crippen LogP contribution in [0.4, 0.5) is 0 Å². The van der Waals surface area contributed by atoms with Crippen molar-refractivity contribution < 1.29 is 22.9 Å². The molecule has 6 heteroatoms. The van der Waals surface area contributed by atoms with E-state index in [-0.39, 0.29) is 6.42 Å². The fourth-order valence-electron chi connectivity index (χ4n) is 2.61. The first-order valence-electron chi connectivity index (χ1n) is 9.22. The maximum absolute atomic E-state index is 11.4. The van der Waals surface area contributed by atoms with Gasteiger partial charge in [0.05, 0.1) is 0 Å². The average molecular weight is 363 g/mol. The second-order valence-corrected chi connectivity index (χ2v) is 8.02. The molecule has 0 aromatic carbocycles. The van der Waals surface area contributed by atoms with E-state index in [0.717, 1.165) is 32.1 Å². The van der Waals surface area contributed by atoms with E-state index in [0.29, 0.717) is 19.3 Å². The lowest BCUT2D eigenvalue weighted by Crippen LogP contribution is -2.17. The molecule has 142 valence electrons. The second-order valence-electron chi connectivity index (χ2n) is 6.38. The summed E-state index contributed by atoms with van der Waals surface area (Å²) in [5.41, 5.74) is 0. The Morgan fingerprint density at radius 2 is 1.54 bits per heavy atom. The topological polar surface area (TPSA) is 91.7 Å². The molecule has 0 radical (unpaired) electrons. The molecule has 0 bridgehead atoms. The SMILES string of the molecule is CCCCCCCC/C=C\C(CCCCCCC(=O)O)S(=O)(=O)O. The molecule has 0 aromatic heterocycles. The van der Waals surface area contributed by atoms with Crippen molar-refractivity contribution in [2.45, 2.75) is 95.6 Å². The quantitative estimate of drug-likeness (QED) is 0.230. The molecular formula is C18H34O5S. The Labute approximate surface area is 147 Å². The van der Waals surface area contributed by atoms with Gasteiger partial charge in [0, 0.05) is 6.42 Å². The summed E-state index contributed by atoms with van der Waals surface area (Å²) in [5, 5.41) is 7.71. The number of carboxylic acids is 1. The summed E-state index contributed by atoms with van der Waals surface area (Å²) in [6.07, 6.45) is 14.9. The Bertz CT molecular complexity index is 442. The summed E-state index contributed by atoms with van der Waals surface area (Å²) in [6.45, 7) is 2.18. The number of rotatable bonds is 16. The number of hydrogen-bond donors (Lipinski definition) is 2. The van der Waals surface area contributed by atoms with E-state index in [2.05, 4.69) is 6.92 Å². The van der Waals surface area contributed by atoms with Crippen LogP contribution in [0.25, 0.3) is 0 Å². The first-order valence-corrected chi connectivity index (χ1v) is 10.7. The molecule has 0 saturated heterocycles. The predicted octanol–water partition coefficient (Wildman–Crippen LogP) is 4.97. The molecule has 0 saturated carbocycles. The van der Waals surface area contributed by atoms with E-state index < -0.39 is 21.3 Å². The Morgan fingerprint density at radius 1 is 0.958 bits per heavy atom. The highest BCUT2D eigenvalue weighted by atomic mass is 32.2. The van der Waals surface area contributed by atoms with Gasteiger partial charge in [0.2, 0.25) is 0 Å². The normalized spacial score (nSPS) is 13.4. The molecule has 0 aliphatic carbocycles. The van der Waals surface area contributed by atoms with Crippen LogP contribution in [0.3, 0.4) is 0 Å². The zero-order chi connectivity index (χ0) is 18.3. The van der Waals surface area contributed by atoms with Crippen LogP contribution >= 0.6 is 0 Å². The summed E-state index contributed by atoms with van der Waals surface area (Å²) in [7, 11) is -4.06. The van der Waals surface area contributed by atoms with Gasteiger partial charge in [-0.15, -0.1) is 0 Å². The zero-order valence-electron chi connectivity index (χ0n) is 15.0. The third-order valence-corrected chi connectivity index (χ3v) is 5.24. The Balaban J connectivity index is 3.93. The Morgan fingerprint density at radius 3 is 2.17 bits per heavy atom. The van der Waals surface area contributed by atoms with Crippen molar-refractivity contribution in [2.24, 2.45) is 0 Å². The lowest BCUT2D eigenvalue weighted by molar-refractivity contribution is -0.137. The maximum atomic E-state index is 11.4. The first-order chi connectivity index (χ1) is 11.4. The largest absolute Gasteiger partial charge is 0.481 e. The molecular weight excluding hydrogens is 328 g/mol. The van der Waals surface area contributed by atoms with Gasteiger partial charge in [-0.2, -0.15) is 8.42 Å². The van der Waals surface area contributed by atoms with Crippen molar-refractivity contribution in [3.63, 3.8) is 0 Å². The number of carboxylic acid groups (broad SMARTS) is 1. The average Bonchev–Trinajstić information content (AvgIpc) is 2.49. The Kier molecular flexibility index (Phi) is 13.9.